The third-order valence-electron chi connectivity index (χ3n) is 4.08. The van der Waals surface area contributed by atoms with Crippen molar-refractivity contribution in [3.63, 3.8) is 0 Å². The first-order chi connectivity index (χ1) is 11.6. The summed E-state index contributed by atoms with van der Waals surface area (Å²) in [7, 11) is 0. The topological polar surface area (TPSA) is 59.3 Å². The number of carbonyl (C=O) groups is 1. The summed E-state index contributed by atoms with van der Waals surface area (Å²) in [6.45, 7) is 8.01. The highest BCUT2D eigenvalue weighted by molar-refractivity contribution is 5.99. The standard InChI is InChI=1S/C19H20N4O/c1-4-10-20-19(24)17-12-21-23-14(3)16(13(2)22-18(17)23)11-15-8-6-5-7-9-15/h4-9,12H,1,10-11H2,2-3H3,(H,20,24). The molecule has 5 nitrogen and oxygen atoms in total. The van der Waals surface area contributed by atoms with Gasteiger partial charge in [0.05, 0.1) is 6.20 Å². The van der Waals surface area contributed by atoms with E-state index in [0.717, 1.165) is 23.4 Å². The molecule has 5 heteroatoms. The van der Waals surface area contributed by atoms with Gasteiger partial charge in [-0.2, -0.15) is 5.10 Å². The molecule has 0 aliphatic carbocycles. The lowest BCUT2D eigenvalue weighted by Gasteiger charge is -2.11. The molecule has 2 heterocycles. The van der Waals surface area contributed by atoms with Gasteiger partial charge in [-0.25, -0.2) is 9.50 Å². The van der Waals surface area contributed by atoms with Gasteiger partial charge in [-0.3, -0.25) is 4.79 Å². The van der Waals surface area contributed by atoms with Gasteiger partial charge in [0.15, 0.2) is 5.65 Å². The van der Waals surface area contributed by atoms with Crippen molar-refractivity contribution in [2.24, 2.45) is 0 Å². The lowest BCUT2D eigenvalue weighted by molar-refractivity contribution is 0.0959. The third-order valence-corrected chi connectivity index (χ3v) is 4.08. The number of hydrogen-bond donors (Lipinski definition) is 1. The minimum atomic E-state index is -0.188. The maximum Gasteiger partial charge on any atom is 0.257 e. The molecule has 1 N–H and O–H groups in total. The van der Waals surface area contributed by atoms with E-state index >= 15 is 0 Å². The molecule has 0 aliphatic heterocycles. The van der Waals surface area contributed by atoms with Gasteiger partial charge in [-0.05, 0) is 25.0 Å². The monoisotopic (exact) mass is 320 g/mol. The van der Waals surface area contributed by atoms with Gasteiger partial charge in [0.2, 0.25) is 0 Å². The van der Waals surface area contributed by atoms with Gasteiger partial charge in [0.1, 0.15) is 5.56 Å². The van der Waals surface area contributed by atoms with Crippen LogP contribution in [0.2, 0.25) is 0 Å². The molecule has 2 aromatic heterocycles. The van der Waals surface area contributed by atoms with E-state index in [1.807, 2.05) is 32.0 Å². The Morgan fingerprint density at radius 3 is 2.75 bits per heavy atom. The number of aryl methyl sites for hydroxylation is 2. The van der Waals surface area contributed by atoms with Crippen molar-refractivity contribution in [1.29, 1.82) is 0 Å². The van der Waals surface area contributed by atoms with Crippen LogP contribution < -0.4 is 5.32 Å². The quantitative estimate of drug-likeness (QED) is 0.735. The van der Waals surface area contributed by atoms with Crippen LogP contribution >= 0.6 is 0 Å². The average molecular weight is 320 g/mol. The molecule has 0 bridgehead atoms. The Bertz CT molecular complexity index is 897. The molecule has 0 atom stereocenters. The number of fused-ring (bicyclic) bond motifs is 1. The SMILES string of the molecule is C=CCNC(=O)c1cnn2c(C)c(Cc3ccccc3)c(C)nc12. The van der Waals surface area contributed by atoms with E-state index in [0.29, 0.717) is 17.8 Å². The van der Waals surface area contributed by atoms with Gasteiger partial charge in [0.25, 0.3) is 5.91 Å². The van der Waals surface area contributed by atoms with Crippen LogP contribution in [0, 0.1) is 13.8 Å². The first-order valence-corrected chi connectivity index (χ1v) is 7.88. The van der Waals surface area contributed by atoms with Crippen LogP contribution in [0.4, 0.5) is 0 Å². The third kappa shape index (κ3) is 2.93. The van der Waals surface area contributed by atoms with Crippen molar-refractivity contribution in [1.82, 2.24) is 19.9 Å². The highest BCUT2D eigenvalue weighted by Gasteiger charge is 2.17. The summed E-state index contributed by atoms with van der Waals surface area (Å²) in [6, 6.07) is 10.3. The van der Waals surface area contributed by atoms with E-state index in [2.05, 4.69) is 34.1 Å². The summed E-state index contributed by atoms with van der Waals surface area (Å²) in [5.74, 6) is -0.188. The zero-order valence-electron chi connectivity index (χ0n) is 13.9. The minimum Gasteiger partial charge on any atom is -0.348 e. The van der Waals surface area contributed by atoms with E-state index in [-0.39, 0.29) is 5.91 Å². The fourth-order valence-electron chi connectivity index (χ4n) is 2.79. The molecule has 0 spiro atoms. The van der Waals surface area contributed by atoms with E-state index in [1.54, 1.807) is 16.8 Å². The van der Waals surface area contributed by atoms with E-state index < -0.39 is 0 Å². The first-order valence-electron chi connectivity index (χ1n) is 7.88. The summed E-state index contributed by atoms with van der Waals surface area (Å²) < 4.78 is 1.74. The molecule has 1 amide bonds. The minimum absolute atomic E-state index is 0.188. The molecule has 24 heavy (non-hydrogen) atoms. The second-order valence-corrected chi connectivity index (χ2v) is 5.72. The predicted molar refractivity (Wildman–Crippen MR) is 94.2 cm³/mol. The number of hydrogen-bond acceptors (Lipinski definition) is 3. The van der Waals surface area contributed by atoms with Crippen molar-refractivity contribution < 1.29 is 4.79 Å². The van der Waals surface area contributed by atoms with Gasteiger partial charge in [-0.1, -0.05) is 36.4 Å². The highest BCUT2D eigenvalue weighted by Crippen LogP contribution is 2.20. The van der Waals surface area contributed by atoms with Crippen molar-refractivity contribution >= 4 is 11.6 Å². The predicted octanol–water partition coefficient (Wildman–Crippen LogP) is 2.85. The van der Waals surface area contributed by atoms with Crippen LogP contribution in [0.15, 0.2) is 49.2 Å². The molecular formula is C19H20N4O. The van der Waals surface area contributed by atoms with Gasteiger partial charge in [-0.15, -0.1) is 6.58 Å². The summed E-state index contributed by atoms with van der Waals surface area (Å²) in [4.78, 5) is 16.9. The molecule has 0 unspecified atom stereocenters. The van der Waals surface area contributed by atoms with Crippen LogP contribution in [0.1, 0.15) is 32.9 Å². The average Bonchev–Trinajstić information content (AvgIpc) is 3.01. The zero-order chi connectivity index (χ0) is 17.1. The van der Waals surface area contributed by atoms with Gasteiger partial charge >= 0.3 is 0 Å². The van der Waals surface area contributed by atoms with Crippen molar-refractivity contribution in [3.8, 4) is 0 Å². The second-order valence-electron chi connectivity index (χ2n) is 5.72. The molecule has 122 valence electrons. The Hall–Kier alpha value is -2.95. The maximum atomic E-state index is 12.2. The molecule has 3 aromatic rings. The van der Waals surface area contributed by atoms with E-state index in [9.17, 15) is 4.79 Å². The van der Waals surface area contributed by atoms with Crippen LogP contribution in [-0.4, -0.2) is 27.0 Å². The number of amides is 1. The lowest BCUT2D eigenvalue weighted by atomic mass is 10.0. The van der Waals surface area contributed by atoms with Crippen molar-refractivity contribution in [2.45, 2.75) is 20.3 Å². The van der Waals surface area contributed by atoms with Crippen LogP contribution in [0.3, 0.4) is 0 Å². The number of benzene rings is 1. The van der Waals surface area contributed by atoms with Crippen LogP contribution in [0.5, 0.6) is 0 Å². The summed E-state index contributed by atoms with van der Waals surface area (Å²) >= 11 is 0. The van der Waals surface area contributed by atoms with Crippen molar-refractivity contribution in [3.05, 3.63) is 77.3 Å². The Balaban J connectivity index is 2.02. The Morgan fingerprint density at radius 1 is 1.29 bits per heavy atom. The Kier molecular flexibility index (Phi) is 4.42. The fraction of sp³-hybridized carbons (Fsp3) is 0.211. The van der Waals surface area contributed by atoms with Crippen LogP contribution in [0.25, 0.3) is 5.65 Å². The zero-order valence-corrected chi connectivity index (χ0v) is 13.9. The smallest absolute Gasteiger partial charge is 0.257 e. The van der Waals surface area contributed by atoms with Crippen LogP contribution in [-0.2, 0) is 6.42 Å². The Morgan fingerprint density at radius 2 is 2.04 bits per heavy atom. The number of carbonyl (C=O) groups excluding carboxylic acids is 1. The molecule has 0 saturated carbocycles. The number of rotatable bonds is 5. The number of aromatic nitrogens is 3. The molecule has 1 aromatic carbocycles. The molecular weight excluding hydrogens is 300 g/mol. The molecule has 0 radical (unpaired) electrons. The van der Waals surface area contributed by atoms with Crippen molar-refractivity contribution in [2.75, 3.05) is 6.54 Å². The Labute approximate surface area is 141 Å². The lowest BCUT2D eigenvalue weighted by Crippen LogP contribution is -2.23. The van der Waals surface area contributed by atoms with Gasteiger partial charge in [0, 0.05) is 24.4 Å². The van der Waals surface area contributed by atoms with E-state index in [1.165, 1.54) is 5.56 Å². The number of nitrogens with one attached hydrogen (secondary N) is 1. The fourth-order valence-corrected chi connectivity index (χ4v) is 2.79. The summed E-state index contributed by atoms with van der Waals surface area (Å²) in [5, 5.41) is 7.13. The van der Waals surface area contributed by atoms with E-state index in [4.69, 9.17) is 0 Å². The highest BCUT2D eigenvalue weighted by atomic mass is 16.1. The molecule has 0 fully saturated rings. The van der Waals surface area contributed by atoms with Gasteiger partial charge < -0.3 is 5.32 Å². The summed E-state index contributed by atoms with van der Waals surface area (Å²) in [5.41, 5.74) is 5.35. The maximum absolute atomic E-state index is 12.2. The normalized spacial score (nSPS) is 10.8. The largest absolute Gasteiger partial charge is 0.348 e. The molecule has 0 aliphatic rings. The molecule has 3 rings (SSSR count). The second kappa shape index (κ2) is 6.66. The molecule has 0 saturated heterocycles. The first kappa shape index (κ1) is 15.9. The summed E-state index contributed by atoms with van der Waals surface area (Å²) in [6.07, 6.45) is 4.00. The number of nitrogens with zero attached hydrogens (tertiary/aromatic N) is 3.